The van der Waals surface area contributed by atoms with Gasteiger partial charge in [-0.3, -0.25) is 4.79 Å². The van der Waals surface area contributed by atoms with Crippen LogP contribution >= 0.6 is 0 Å². The van der Waals surface area contributed by atoms with Crippen molar-refractivity contribution in [3.63, 3.8) is 0 Å². The molecule has 0 spiro atoms. The van der Waals surface area contributed by atoms with Crippen molar-refractivity contribution in [3.05, 3.63) is 65.2 Å². The van der Waals surface area contributed by atoms with Crippen LogP contribution < -0.4 is 4.74 Å². The SMILES string of the molecule is CCOC(=O)C(=O)c1cc(OCc2ccccc2)cc(C(F)(F)F)c1. The number of rotatable bonds is 6. The zero-order valence-electron chi connectivity index (χ0n) is 13.3. The topological polar surface area (TPSA) is 52.6 Å². The quantitative estimate of drug-likeness (QED) is 0.447. The number of carbonyl (C=O) groups excluding carboxylic acids is 2. The molecule has 4 nitrogen and oxygen atoms in total. The molecule has 7 heteroatoms. The lowest BCUT2D eigenvalue weighted by Gasteiger charge is -2.13. The third-order valence-electron chi connectivity index (χ3n) is 3.21. The van der Waals surface area contributed by atoms with Gasteiger partial charge in [0.15, 0.2) is 0 Å². The smallest absolute Gasteiger partial charge is 0.416 e. The second kappa shape index (κ2) is 7.83. The number of benzene rings is 2. The molecule has 0 saturated heterocycles. The summed E-state index contributed by atoms with van der Waals surface area (Å²) in [7, 11) is 0. The average Bonchev–Trinajstić information content (AvgIpc) is 2.59. The number of ketones is 1. The predicted molar refractivity (Wildman–Crippen MR) is 83.2 cm³/mol. The molecule has 0 aliphatic rings. The van der Waals surface area contributed by atoms with Crippen LogP contribution in [-0.2, 0) is 22.3 Å². The largest absolute Gasteiger partial charge is 0.489 e. The van der Waals surface area contributed by atoms with Gasteiger partial charge in [-0.1, -0.05) is 30.3 Å². The molecule has 0 radical (unpaired) electrons. The highest BCUT2D eigenvalue weighted by molar-refractivity contribution is 6.40. The van der Waals surface area contributed by atoms with E-state index in [1.807, 2.05) is 0 Å². The molecule has 0 aromatic heterocycles. The molecular weight excluding hydrogens is 337 g/mol. The van der Waals surface area contributed by atoms with Crippen molar-refractivity contribution in [3.8, 4) is 5.75 Å². The fourth-order valence-corrected chi connectivity index (χ4v) is 2.03. The zero-order chi connectivity index (χ0) is 18.4. The van der Waals surface area contributed by atoms with E-state index in [0.29, 0.717) is 6.07 Å². The maximum absolute atomic E-state index is 13.0. The monoisotopic (exact) mass is 352 g/mol. The number of hydrogen-bond acceptors (Lipinski definition) is 4. The summed E-state index contributed by atoms with van der Waals surface area (Å²) >= 11 is 0. The molecule has 0 atom stereocenters. The summed E-state index contributed by atoms with van der Waals surface area (Å²) in [4.78, 5) is 23.4. The highest BCUT2D eigenvalue weighted by Crippen LogP contribution is 2.33. The average molecular weight is 352 g/mol. The van der Waals surface area contributed by atoms with Crippen molar-refractivity contribution in [2.45, 2.75) is 19.7 Å². The van der Waals surface area contributed by atoms with Crippen LogP contribution in [0.3, 0.4) is 0 Å². The van der Waals surface area contributed by atoms with Gasteiger partial charge in [-0.25, -0.2) is 4.79 Å². The van der Waals surface area contributed by atoms with E-state index in [2.05, 4.69) is 4.74 Å². The van der Waals surface area contributed by atoms with E-state index in [1.54, 1.807) is 30.3 Å². The maximum atomic E-state index is 13.0. The summed E-state index contributed by atoms with van der Waals surface area (Å²) in [6.45, 7) is 1.46. The van der Waals surface area contributed by atoms with E-state index in [9.17, 15) is 22.8 Å². The Hall–Kier alpha value is -2.83. The molecule has 0 heterocycles. The first-order valence-electron chi connectivity index (χ1n) is 7.41. The van der Waals surface area contributed by atoms with Crippen molar-refractivity contribution < 1.29 is 32.2 Å². The molecule has 0 N–H and O–H groups in total. The summed E-state index contributed by atoms with van der Waals surface area (Å²) in [5.74, 6) is -2.53. The normalized spacial score (nSPS) is 11.0. The zero-order valence-corrected chi connectivity index (χ0v) is 13.3. The predicted octanol–water partition coefficient (Wildman–Crippen LogP) is 4.03. The number of alkyl halides is 3. The van der Waals surface area contributed by atoms with Gasteiger partial charge < -0.3 is 9.47 Å². The highest BCUT2D eigenvalue weighted by atomic mass is 19.4. The van der Waals surface area contributed by atoms with Gasteiger partial charge in [0.05, 0.1) is 12.2 Å². The van der Waals surface area contributed by atoms with Gasteiger partial charge in [-0.15, -0.1) is 0 Å². The molecule has 25 heavy (non-hydrogen) atoms. The molecule has 0 saturated carbocycles. The van der Waals surface area contributed by atoms with Gasteiger partial charge in [0.1, 0.15) is 12.4 Å². The van der Waals surface area contributed by atoms with Crippen molar-refractivity contribution in [2.75, 3.05) is 6.61 Å². The maximum Gasteiger partial charge on any atom is 0.416 e. The standard InChI is InChI=1S/C18H15F3O4/c1-2-24-17(23)16(22)13-8-14(18(19,20)21)10-15(9-13)25-11-12-6-4-3-5-7-12/h3-10H,2,11H2,1H3. The van der Waals surface area contributed by atoms with Gasteiger partial charge in [-0.05, 0) is 30.7 Å². The molecule has 132 valence electrons. The van der Waals surface area contributed by atoms with Crippen molar-refractivity contribution in [2.24, 2.45) is 0 Å². The third kappa shape index (κ3) is 5.07. The number of halogens is 3. The van der Waals surface area contributed by atoms with Gasteiger partial charge in [-0.2, -0.15) is 13.2 Å². The summed E-state index contributed by atoms with van der Waals surface area (Å²) in [6, 6.07) is 11.3. The van der Waals surface area contributed by atoms with E-state index in [-0.39, 0.29) is 19.0 Å². The van der Waals surface area contributed by atoms with Crippen LogP contribution in [0.15, 0.2) is 48.5 Å². The summed E-state index contributed by atoms with van der Waals surface area (Å²) in [6.07, 6.45) is -4.68. The first-order chi connectivity index (χ1) is 11.8. The van der Waals surface area contributed by atoms with Crippen LogP contribution in [0.1, 0.15) is 28.4 Å². The fourth-order valence-electron chi connectivity index (χ4n) is 2.03. The second-order valence-corrected chi connectivity index (χ2v) is 5.07. The molecule has 0 aliphatic heterocycles. The highest BCUT2D eigenvalue weighted by Gasteiger charge is 2.33. The van der Waals surface area contributed by atoms with Crippen molar-refractivity contribution in [1.82, 2.24) is 0 Å². The Bertz CT molecular complexity index is 755. The third-order valence-corrected chi connectivity index (χ3v) is 3.21. The number of hydrogen-bond donors (Lipinski definition) is 0. The number of esters is 1. The Labute approximate surface area is 142 Å². The Kier molecular flexibility index (Phi) is 5.80. The minimum Gasteiger partial charge on any atom is -0.489 e. The van der Waals surface area contributed by atoms with Crippen LogP contribution in [0.5, 0.6) is 5.75 Å². The first kappa shape index (κ1) is 18.5. The van der Waals surface area contributed by atoms with Crippen LogP contribution in [0.2, 0.25) is 0 Å². The van der Waals surface area contributed by atoms with E-state index < -0.39 is 29.1 Å². The summed E-state index contributed by atoms with van der Waals surface area (Å²) in [5, 5.41) is 0. The molecule has 0 bridgehead atoms. The number of Topliss-reactive ketones (excluding diaryl/α,β-unsaturated/α-hetero) is 1. The minimum absolute atomic E-state index is 0.0230. The molecule has 2 aromatic rings. The lowest BCUT2D eigenvalue weighted by atomic mass is 10.1. The molecule has 0 aliphatic carbocycles. The molecule has 0 amide bonds. The fraction of sp³-hybridized carbons (Fsp3) is 0.222. The number of ether oxygens (including phenoxy) is 2. The molecule has 0 fully saturated rings. The van der Waals surface area contributed by atoms with Gasteiger partial charge in [0.2, 0.25) is 0 Å². The van der Waals surface area contributed by atoms with E-state index in [4.69, 9.17) is 4.74 Å². The van der Waals surface area contributed by atoms with Crippen LogP contribution in [-0.4, -0.2) is 18.4 Å². The molecule has 2 rings (SSSR count). The van der Waals surface area contributed by atoms with Crippen molar-refractivity contribution >= 4 is 11.8 Å². The molecular formula is C18H15F3O4. The van der Waals surface area contributed by atoms with Gasteiger partial charge in [0, 0.05) is 5.56 Å². The van der Waals surface area contributed by atoms with E-state index >= 15 is 0 Å². The Balaban J connectivity index is 2.30. The molecule has 0 unspecified atom stereocenters. The molecule has 2 aromatic carbocycles. The van der Waals surface area contributed by atoms with Crippen LogP contribution in [0.4, 0.5) is 13.2 Å². The summed E-state index contributed by atoms with van der Waals surface area (Å²) < 4.78 is 49.0. The van der Waals surface area contributed by atoms with Crippen LogP contribution in [0, 0.1) is 0 Å². The number of carbonyl (C=O) groups is 2. The minimum atomic E-state index is -4.68. The Morgan fingerprint density at radius 2 is 1.72 bits per heavy atom. The van der Waals surface area contributed by atoms with E-state index in [1.165, 1.54) is 6.92 Å². The summed E-state index contributed by atoms with van der Waals surface area (Å²) in [5.41, 5.74) is -0.764. The lowest BCUT2D eigenvalue weighted by Crippen LogP contribution is -2.18. The van der Waals surface area contributed by atoms with Crippen molar-refractivity contribution in [1.29, 1.82) is 0 Å². The lowest BCUT2D eigenvalue weighted by molar-refractivity contribution is -0.139. The Morgan fingerprint density at radius 3 is 2.32 bits per heavy atom. The van der Waals surface area contributed by atoms with Gasteiger partial charge >= 0.3 is 12.1 Å². The van der Waals surface area contributed by atoms with Crippen LogP contribution in [0.25, 0.3) is 0 Å². The Morgan fingerprint density at radius 1 is 1.04 bits per heavy atom. The second-order valence-electron chi connectivity index (χ2n) is 5.07. The first-order valence-corrected chi connectivity index (χ1v) is 7.41. The van der Waals surface area contributed by atoms with Gasteiger partial charge in [0.25, 0.3) is 5.78 Å². The van der Waals surface area contributed by atoms with E-state index in [0.717, 1.165) is 17.7 Å².